The number of nitrogens with two attached hydrogens (primary N) is 1. The Hall–Kier alpha value is -1.06. The minimum atomic E-state index is 0. The second kappa shape index (κ2) is 6.45. The number of aryl methyl sites for hydroxylation is 1. The zero-order valence-electron chi connectivity index (χ0n) is 13.6. The second-order valence-corrected chi connectivity index (χ2v) is 7.47. The highest BCUT2D eigenvalue weighted by Crippen LogP contribution is 2.60. The molecular formula is C19H27ClN2O. The number of rotatable bonds is 3. The molecule has 4 rings (SSSR count). The van der Waals surface area contributed by atoms with Crippen molar-refractivity contribution in [3.8, 4) is 0 Å². The average Bonchev–Trinajstić information content (AvgIpc) is 3.08. The highest BCUT2D eigenvalue weighted by Gasteiger charge is 2.60. The molecule has 1 spiro atoms. The number of amides is 1. The topological polar surface area (TPSA) is 55.1 Å². The Bertz CT molecular complexity index is 590. The van der Waals surface area contributed by atoms with E-state index in [1.807, 2.05) is 0 Å². The van der Waals surface area contributed by atoms with Crippen molar-refractivity contribution >= 4 is 18.3 Å². The van der Waals surface area contributed by atoms with E-state index in [9.17, 15) is 4.79 Å². The first kappa shape index (κ1) is 16.8. The van der Waals surface area contributed by atoms with Gasteiger partial charge in [0.15, 0.2) is 0 Å². The smallest absolute Gasteiger partial charge is 0.224 e. The van der Waals surface area contributed by atoms with Gasteiger partial charge in [0.05, 0.1) is 0 Å². The zero-order chi connectivity index (χ0) is 15.2. The van der Waals surface area contributed by atoms with Crippen LogP contribution in [0.5, 0.6) is 0 Å². The van der Waals surface area contributed by atoms with E-state index in [0.29, 0.717) is 18.5 Å². The monoisotopic (exact) mass is 334 g/mol. The van der Waals surface area contributed by atoms with Crippen LogP contribution in [0, 0.1) is 11.8 Å². The van der Waals surface area contributed by atoms with E-state index in [1.54, 1.807) is 0 Å². The fourth-order valence-corrected chi connectivity index (χ4v) is 4.97. The lowest BCUT2D eigenvalue weighted by Crippen LogP contribution is -2.41. The van der Waals surface area contributed by atoms with Crippen LogP contribution < -0.4 is 11.1 Å². The molecule has 0 heterocycles. The zero-order valence-corrected chi connectivity index (χ0v) is 14.4. The standard InChI is InChI=1S/C19H26N2O.ClH/c20-12-14-6-3-9-17(14)21-18(22)16-11-19(16)10-4-7-13-5-1-2-8-15(13)19;/h1-2,5,8,14,16-17H,3-4,6-7,9-12,20H2,(H,21,22);1H. The summed E-state index contributed by atoms with van der Waals surface area (Å²) in [5, 5.41) is 3.33. The third-order valence-corrected chi connectivity index (χ3v) is 6.30. The van der Waals surface area contributed by atoms with E-state index < -0.39 is 0 Å². The summed E-state index contributed by atoms with van der Waals surface area (Å²) in [5.74, 6) is 0.951. The Morgan fingerprint density at radius 3 is 2.91 bits per heavy atom. The molecule has 2 saturated carbocycles. The summed E-state index contributed by atoms with van der Waals surface area (Å²) in [5.41, 5.74) is 8.90. The SMILES string of the molecule is Cl.NCC1CCCC1NC(=O)C1CC12CCCc1ccccc12. The normalized spacial score (nSPS) is 34.6. The first-order chi connectivity index (χ1) is 10.7. The van der Waals surface area contributed by atoms with Crippen LogP contribution in [-0.2, 0) is 16.6 Å². The largest absolute Gasteiger partial charge is 0.353 e. The van der Waals surface area contributed by atoms with Gasteiger partial charge in [-0.05, 0) is 62.1 Å². The van der Waals surface area contributed by atoms with Crippen LogP contribution >= 0.6 is 12.4 Å². The maximum Gasteiger partial charge on any atom is 0.224 e. The number of nitrogens with one attached hydrogen (secondary N) is 1. The molecule has 3 nitrogen and oxygen atoms in total. The highest BCUT2D eigenvalue weighted by atomic mass is 35.5. The van der Waals surface area contributed by atoms with E-state index in [-0.39, 0.29) is 29.6 Å². The van der Waals surface area contributed by atoms with Crippen molar-refractivity contribution in [1.82, 2.24) is 5.32 Å². The summed E-state index contributed by atoms with van der Waals surface area (Å²) < 4.78 is 0. The van der Waals surface area contributed by atoms with Crippen molar-refractivity contribution in [2.75, 3.05) is 6.54 Å². The van der Waals surface area contributed by atoms with Crippen LogP contribution in [0.4, 0.5) is 0 Å². The summed E-state index contributed by atoms with van der Waals surface area (Å²) in [6, 6.07) is 9.06. The third kappa shape index (κ3) is 2.78. The van der Waals surface area contributed by atoms with Gasteiger partial charge in [-0.25, -0.2) is 0 Å². The van der Waals surface area contributed by atoms with Gasteiger partial charge in [-0.15, -0.1) is 12.4 Å². The van der Waals surface area contributed by atoms with Gasteiger partial charge in [-0.3, -0.25) is 4.79 Å². The first-order valence-electron chi connectivity index (χ1n) is 8.83. The number of hydrogen-bond donors (Lipinski definition) is 2. The predicted octanol–water partition coefficient (Wildman–Crippen LogP) is 2.95. The van der Waals surface area contributed by atoms with Crippen molar-refractivity contribution < 1.29 is 4.79 Å². The number of halogens is 1. The molecule has 0 radical (unpaired) electrons. The van der Waals surface area contributed by atoms with Gasteiger partial charge in [0.25, 0.3) is 0 Å². The summed E-state index contributed by atoms with van der Waals surface area (Å²) in [7, 11) is 0. The molecule has 0 aromatic heterocycles. The van der Waals surface area contributed by atoms with E-state index in [0.717, 1.165) is 12.8 Å². The summed E-state index contributed by atoms with van der Waals surface area (Å²) in [6.07, 6.45) is 8.07. The minimum Gasteiger partial charge on any atom is -0.353 e. The van der Waals surface area contributed by atoms with Gasteiger partial charge in [0.1, 0.15) is 0 Å². The molecular weight excluding hydrogens is 308 g/mol. The lowest BCUT2D eigenvalue weighted by Gasteiger charge is -2.27. The molecule has 4 atom stereocenters. The second-order valence-electron chi connectivity index (χ2n) is 7.47. The summed E-state index contributed by atoms with van der Waals surface area (Å²) in [4.78, 5) is 12.8. The number of carbonyl (C=O) groups is 1. The van der Waals surface area contributed by atoms with Crippen molar-refractivity contribution in [1.29, 1.82) is 0 Å². The molecule has 23 heavy (non-hydrogen) atoms. The van der Waals surface area contributed by atoms with Crippen LogP contribution in [-0.4, -0.2) is 18.5 Å². The average molecular weight is 335 g/mol. The quantitative estimate of drug-likeness (QED) is 0.893. The molecule has 2 fully saturated rings. The molecule has 3 aliphatic rings. The number of fused-ring (bicyclic) bond motifs is 2. The minimum absolute atomic E-state index is 0. The molecule has 0 aliphatic heterocycles. The molecule has 126 valence electrons. The molecule has 3 N–H and O–H groups in total. The van der Waals surface area contributed by atoms with Crippen LogP contribution in [0.3, 0.4) is 0 Å². The Morgan fingerprint density at radius 2 is 2.09 bits per heavy atom. The fourth-order valence-electron chi connectivity index (χ4n) is 4.97. The highest BCUT2D eigenvalue weighted by molar-refractivity contribution is 5.85. The number of hydrogen-bond acceptors (Lipinski definition) is 2. The van der Waals surface area contributed by atoms with Crippen LogP contribution in [0.25, 0.3) is 0 Å². The number of carbonyl (C=O) groups excluding carboxylic acids is 1. The Kier molecular flexibility index (Phi) is 4.70. The van der Waals surface area contributed by atoms with E-state index in [1.165, 1.54) is 43.2 Å². The molecule has 0 saturated heterocycles. The van der Waals surface area contributed by atoms with Crippen molar-refractivity contribution in [2.45, 2.75) is 56.4 Å². The fraction of sp³-hybridized carbons (Fsp3) is 0.632. The van der Waals surface area contributed by atoms with E-state index in [2.05, 4.69) is 29.6 Å². The summed E-state index contributed by atoms with van der Waals surface area (Å²) >= 11 is 0. The van der Waals surface area contributed by atoms with Gasteiger partial charge in [0, 0.05) is 17.4 Å². The van der Waals surface area contributed by atoms with Gasteiger partial charge in [0.2, 0.25) is 5.91 Å². The molecule has 1 aromatic rings. The van der Waals surface area contributed by atoms with Gasteiger partial charge < -0.3 is 11.1 Å². The molecule has 4 unspecified atom stereocenters. The molecule has 3 aliphatic carbocycles. The van der Waals surface area contributed by atoms with E-state index >= 15 is 0 Å². The van der Waals surface area contributed by atoms with Crippen molar-refractivity contribution in [3.05, 3.63) is 35.4 Å². The predicted molar refractivity (Wildman–Crippen MR) is 94.7 cm³/mol. The molecule has 1 aromatic carbocycles. The summed E-state index contributed by atoms with van der Waals surface area (Å²) in [6.45, 7) is 0.698. The van der Waals surface area contributed by atoms with Gasteiger partial charge in [-0.1, -0.05) is 30.7 Å². The van der Waals surface area contributed by atoms with E-state index in [4.69, 9.17) is 5.73 Å². The lowest BCUT2D eigenvalue weighted by molar-refractivity contribution is -0.123. The maximum atomic E-state index is 12.8. The van der Waals surface area contributed by atoms with Crippen molar-refractivity contribution in [3.63, 3.8) is 0 Å². The molecule has 0 bridgehead atoms. The third-order valence-electron chi connectivity index (χ3n) is 6.30. The molecule has 4 heteroatoms. The van der Waals surface area contributed by atoms with Crippen molar-refractivity contribution in [2.24, 2.45) is 17.6 Å². The van der Waals surface area contributed by atoms with Gasteiger partial charge in [-0.2, -0.15) is 0 Å². The lowest BCUT2D eigenvalue weighted by atomic mass is 9.78. The van der Waals surface area contributed by atoms with Gasteiger partial charge >= 0.3 is 0 Å². The maximum absolute atomic E-state index is 12.8. The Balaban J connectivity index is 0.00000156. The number of benzene rings is 1. The Labute approximate surface area is 144 Å². The van der Waals surface area contributed by atoms with Crippen LogP contribution in [0.15, 0.2) is 24.3 Å². The molecule has 1 amide bonds. The van der Waals surface area contributed by atoms with Crippen LogP contribution in [0.1, 0.15) is 49.7 Å². The van der Waals surface area contributed by atoms with Crippen LogP contribution in [0.2, 0.25) is 0 Å². The Morgan fingerprint density at radius 1 is 1.26 bits per heavy atom. The first-order valence-corrected chi connectivity index (χ1v) is 8.83.